The second kappa shape index (κ2) is 18.0. The van der Waals surface area contributed by atoms with Gasteiger partial charge in [0, 0.05) is 6.42 Å². The summed E-state index contributed by atoms with van der Waals surface area (Å²) in [4.78, 5) is 10.3. The van der Waals surface area contributed by atoms with Crippen molar-refractivity contribution in [2.75, 3.05) is 0 Å². The average molecular weight is 309 g/mol. The first-order valence-electron chi connectivity index (χ1n) is 9.29. The highest BCUT2D eigenvalue weighted by atomic mass is 16.4. The van der Waals surface area contributed by atoms with Crippen LogP contribution in [0.2, 0.25) is 0 Å². The van der Waals surface area contributed by atoms with Gasteiger partial charge in [-0.15, -0.1) is 0 Å². The standard InChI is InChI=1S/C20H36O2/c1-2-3-4-5-6-7-8-9-10-11-12-13-14-15-16-17-18-19-20(21)22/h9-10,14-15H,2-8,11-13,16-19H2,1H3,(H,21,22)/b10-9-,15-14-. The van der Waals surface area contributed by atoms with Gasteiger partial charge in [-0.2, -0.15) is 0 Å². The summed E-state index contributed by atoms with van der Waals surface area (Å²) in [5, 5.41) is 8.51. The minimum atomic E-state index is -0.684. The molecule has 0 spiro atoms. The van der Waals surface area contributed by atoms with Crippen LogP contribution in [-0.2, 0) is 4.79 Å². The van der Waals surface area contributed by atoms with Gasteiger partial charge >= 0.3 is 5.97 Å². The van der Waals surface area contributed by atoms with Crippen LogP contribution in [0.5, 0.6) is 0 Å². The van der Waals surface area contributed by atoms with Crippen molar-refractivity contribution in [3.63, 3.8) is 0 Å². The van der Waals surface area contributed by atoms with Gasteiger partial charge in [-0.1, -0.05) is 63.3 Å². The van der Waals surface area contributed by atoms with E-state index in [0.29, 0.717) is 6.42 Å². The van der Waals surface area contributed by atoms with Crippen molar-refractivity contribution in [1.29, 1.82) is 0 Å². The van der Waals surface area contributed by atoms with Gasteiger partial charge in [-0.05, 0) is 51.4 Å². The van der Waals surface area contributed by atoms with Gasteiger partial charge in [0.25, 0.3) is 0 Å². The van der Waals surface area contributed by atoms with Crippen LogP contribution in [0.15, 0.2) is 24.3 Å². The molecular weight excluding hydrogens is 272 g/mol. The van der Waals surface area contributed by atoms with Crippen LogP contribution in [0.4, 0.5) is 0 Å². The molecule has 0 saturated heterocycles. The summed E-state index contributed by atoms with van der Waals surface area (Å²) in [5.74, 6) is -0.684. The number of hydrogen-bond acceptors (Lipinski definition) is 1. The Labute approximate surface area is 137 Å². The smallest absolute Gasteiger partial charge is 0.303 e. The SMILES string of the molecule is CCCCCCCC/C=C\CCC/C=C\CCCCC(=O)O. The lowest BCUT2D eigenvalue weighted by molar-refractivity contribution is -0.137. The van der Waals surface area contributed by atoms with E-state index in [1.165, 1.54) is 57.8 Å². The second-order valence-corrected chi connectivity index (χ2v) is 6.07. The van der Waals surface area contributed by atoms with E-state index in [-0.39, 0.29) is 0 Å². The maximum atomic E-state index is 10.3. The third kappa shape index (κ3) is 18.9. The molecule has 0 unspecified atom stereocenters. The molecular formula is C20H36O2. The molecule has 0 heterocycles. The van der Waals surface area contributed by atoms with Gasteiger partial charge in [0.05, 0.1) is 0 Å². The van der Waals surface area contributed by atoms with E-state index in [4.69, 9.17) is 5.11 Å². The monoisotopic (exact) mass is 308 g/mol. The Morgan fingerprint density at radius 1 is 0.682 bits per heavy atom. The van der Waals surface area contributed by atoms with Gasteiger partial charge in [0.1, 0.15) is 0 Å². The van der Waals surface area contributed by atoms with Crippen molar-refractivity contribution in [1.82, 2.24) is 0 Å². The summed E-state index contributed by atoms with van der Waals surface area (Å²) in [6.07, 6.45) is 25.2. The minimum Gasteiger partial charge on any atom is -0.481 e. The first-order chi connectivity index (χ1) is 10.8. The van der Waals surface area contributed by atoms with Crippen molar-refractivity contribution in [2.45, 2.75) is 96.8 Å². The highest BCUT2D eigenvalue weighted by Crippen LogP contribution is 2.08. The molecule has 0 rings (SSSR count). The highest BCUT2D eigenvalue weighted by Gasteiger charge is 1.94. The van der Waals surface area contributed by atoms with Crippen molar-refractivity contribution < 1.29 is 9.90 Å². The number of rotatable bonds is 16. The predicted molar refractivity (Wildman–Crippen MR) is 96.2 cm³/mol. The fourth-order valence-electron chi connectivity index (χ4n) is 2.41. The van der Waals surface area contributed by atoms with Crippen LogP contribution in [0.3, 0.4) is 0 Å². The number of hydrogen-bond donors (Lipinski definition) is 1. The minimum absolute atomic E-state index is 0.303. The molecule has 2 nitrogen and oxygen atoms in total. The Morgan fingerprint density at radius 3 is 1.68 bits per heavy atom. The fourth-order valence-corrected chi connectivity index (χ4v) is 2.41. The van der Waals surface area contributed by atoms with E-state index < -0.39 is 5.97 Å². The Balaban J connectivity index is 3.18. The number of aliphatic carboxylic acids is 1. The Morgan fingerprint density at radius 2 is 1.14 bits per heavy atom. The summed E-state index contributed by atoms with van der Waals surface area (Å²) in [6, 6.07) is 0. The molecule has 2 heteroatoms. The van der Waals surface area contributed by atoms with Crippen LogP contribution in [0.25, 0.3) is 0 Å². The van der Waals surface area contributed by atoms with Gasteiger partial charge in [0.15, 0.2) is 0 Å². The van der Waals surface area contributed by atoms with Gasteiger partial charge in [-0.25, -0.2) is 0 Å². The van der Waals surface area contributed by atoms with Crippen LogP contribution >= 0.6 is 0 Å². The topological polar surface area (TPSA) is 37.3 Å². The van der Waals surface area contributed by atoms with Crippen LogP contribution in [-0.4, -0.2) is 11.1 Å². The largest absolute Gasteiger partial charge is 0.481 e. The third-order valence-electron chi connectivity index (χ3n) is 3.81. The number of unbranched alkanes of at least 4 members (excludes halogenated alkanes) is 10. The van der Waals surface area contributed by atoms with E-state index in [0.717, 1.165) is 25.7 Å². The molecule has 0 aliphatic rings. The molecule has 22 heavy (non-hydrogen) atoms. The molecule has 0 aliphatic carbocycles. The van der Waals surface area contributed by atoms with Gasteiger partial charge < -0.3 is 5.11 Å². The first kappa shape index (κ1) is 20.9. The van der Waals surface area contributed by atoms with Crippen molar-refractivity contribution in [2.24, 2.45) is 0 Å². The lowest BCUT2D eigenvalue weighted by atomic mass is 10.1. The molecule has 0 bridgehead atoms. The molecule has 128 valence electrons. The molecule has 0 saturated carbocycles. The van der Waals surface area contributed by atoms with Crippen LogP contribution in [0, 0.1) is 0 Å². The van der Waals surface area contributed by atoms with Crippen molar-refractivity contribution in [3.8, 4) is 0 Å². The number of carboxylic acids is 1. The quantitative estimate of drug-likeness (QED) is 0.255. The van der Waals surface area contributed by atoms with Crippen molar-refractivity contribution in [3.05, 3.63) is 24.3 Å². The van der Waals surface area contributed by atoms with Crippen LogP contribution in [0.1, 0.15) is 96.8 Å². The third-order valence-corrected chi connectivity index (χ3v) is 3.81. The van der Waals surface area contributed by atoms with E-state index in [9.17, 15) is 4.79 Å². The van der Waals surface area contributed by atoms with Crippen LogP contribution < -0.4 is 0 Å². The summed E-state index contributed by atoms with van der Waals surface area (Å²) >= 11 is 0. The zero-order valence-corrected chi connectivity index (χ0v) is 14.6. The Hall–Kier alpha value is -1.05. The Kier molecular flexibility index (Phi) is 17.1. The number of carboxylic acid groups (broad SMARTS) is 1. The molecule has 0 aliphatic heterocycles. The highest BCUT2D eigenvalue weighted by molar-refractivity contribution is 5.66. The number of carbonyl (C=O) groups is 1. The zero-order chi connectivity index (χ0) is 16.3. The van der Waals surface area contributed by atoms with Gasteiger partial charge in [-0.3, -0.25) is 4.79 Å². The summed E-state index contributed by atoms with van der Waals surface area (Å²) in [7, 11) is 0. The molecule has 0 aromatic carbocycles. The molecule has 0 atom stereocenters. The normalized spacial score (nSPS) is 11.7. The summed E-state index contributed by atoms with van der Waals surface area (Å²) in [5.41, 5.74) is 0. The molecule has 0 aromatic rings. The second-order valence-electron chi connectivity index (χ2n) is 6.07. The number of allylic oxidation sites excluding steroid dienone is 4. The lowest BCUT2D eigenvalue weighted by Gasteiger charge is -1.97. The zero-order valence-electron chi connectivity index (χ0n) is 14.6. The molecule has 0 aromatic heterocycles. The molecule has 0 radical (unpaired) electrons. The molecule has 0 fully saturated rings. The predicted octanol–water partition coefficient (Wildman–Crippen LogP) is 6.66. The first-order valence-corrected chi connectivity index (χ1v) is 9.29. The summed E-state index contributed by atoms with van der Waals surface area (Å²) < 4.78 is 0. The fraction of sp³-hybridized carbons (Fsp3) is 0.750. The molecule has 0 amide bonds. The van der Waals surface area contributed by atoms with E-state index in [1.54, 1.807) is 0 Å². The lowest BCUT2D eigenvalue weighted by Crippen LogP contribution is -1.92. The van der Waals surface area contributed by atoms with E-state index in [2.05, 4.69) is 31.2 Å². The maximum Gasteiger partial charge on any atom is 0.303 e. The average Bonchev–Trinajstić information content (AvgIpc) is 2.50. The van der Waals surface area contributed by atoms with Crippen molar-refractivity contribution >= 4 is 5.97 Å². The molecule has 1 N–H and O–H groups in total. The van der Waals surface area contributed by atoms with E-state index >= 15 is 0 Å². The maximum absolute atomic E-state index is 10.3. The summed E-state index contributed by atoms with van der Waals surface area (Å²) in [6.45, 7) is 2.26. The Bertz CT molecular complexity index is 292. The van der Waals surface area contributed by atoms with E-state index in [1.807, 2.05) is 0 Å². The van der Waals surface area contributed by atoms with Gasteiger partial charge in [0.2, 0.25) is 0 Å².